The summed E-state index contributed by atoms with van der Waals surface area (Å²) in [6.45, 7) is 0. The van der Waals surface area contributed by atoms with Crippen LogP contribution < -0.4 is 0 Å². The van der Waals surface area contributed by atoms with Gasteiger partial charge in [-0.3, -0.25) is 4.79 Å². The molecule has 1 aliphatic carbocycles. The first kappa shape index (κ1) is 15.7. The molecule has 1 aliphatic rings. The van der Waals surface area contributed by atoms with Crippen LogP contribution in [0.5, 0.6) is 0 Å². The van der Waals surface area contributed by atoms with Gasteiger partial charge in [-0.1, -0.05) is 34.2 Å². The molecule has 0 bridgehead atoms. The predicted molar refractivity (Wildman–Crippen MR) is 82.8 cm³/mol. The highest BCUT2D eigenvalue weighted by Gasteiger charge is 2.36. The van der Waals surface area contributed by atoms with Crippen molar-refractivity contribution in [2.24, 2.45) is 0 Å². The molecule has 0 amide bonds. The standard InChI is InChI=1S/C16H10BrF3N2O/c17-12-7-5-11(6-8-12)15(23)22-13(10-3-1-2-4-10)9-14(21-22)16(18,19)20/h1-3,5-9H,4H2. The minimum atomic E-state index is -4.60. The minimum Gasteiger partial charge on any atom is -0.267 e. The Labute approximate surface area is 138 Å². The van der Waals surface area contributed by atoms with Gasteiger partial charge in [0.05, 0.1) is 5.69 Å². The highest BCUT2D eigenvalue weighted by molar-refractivity contribution is 9.10. The Kier molecular flexibility index (Phi) is 3.97. The maximum atomic E-state index is 13.0. The van der Waals surface area contributed by atoms with Gasteiger partial charge in [0.15, 0.2) is 5.69 Å². The van der Waals surface area contributed by atoms with Crippen LogP contribution in [0.25, 0.3) is 5.57 Å². The van der Waals surface area contributed by atoms with Gasteiger partial charge in [-0.25, -0.2) is 0 Å². The molecule has 0 unspecified atom stereocenters. The lowest BCUT2D eigenvalue weighted by molar-refractivity contribution is -0.141. The summed E-state index contributed by atoms with van der Waals surface area (Å²) in [4.78, 5) is 12.5. The van der Waals surface area contributed by atoms with E-state index in [-0.39, 0.29) is 11.3 Å². The lowest BCUT2D eigenvalue weighted by Crippen LogP contribution is -2.17. The largest absolute Gasteiger partial charge is 0.435 e. The lowest BCUT2D eigenvalue weighted by Gasteiger charge is -2.07. The molecule has 1 heterocycles. The zero-order valence-corrected chi connectivity index (χ0v) is 13.2. The number of alkyl halides is 3. The predicted octanol–water partition coefficient (Wildman–Crippen LogP) is 4.70. The van der Waals surface area contributed by atoms with Crippen LogP contribution in [0.15, 0.2) is 53.0 Å². The third-order valence-corrected chi connectivity index (χ3v) is 3.91. The summed E-state index contributed by atoms with van der Waals surface area (Å²) in [6.07, 6.45) is 1.10. The zero-order valence-electron chi connectivity index (χ0n) is 11.6. The number of carbonyl (C=O) groups is 1. The monoisotopic (exact) mass is 382 g/mol. The van der Waals surface area contributed by atoms with Crippen LogP contribution in [0.1, 0.15) is 28.2 Å². The minimum absolute atomic E-state index is 0.162. The van der Waals surface area contributed by atoms with Crippen molar-refractivity contribution in [3.8, 4) is 0 Å². The maximum absolute atomic E-state index is 13.0. The van der Waals surface area contributed by atoms with Gasteiger partial charge in [-0.2, -0.15) is 23.0 Å². The summed E-state index contributed by atoms with van der Waals surface area (Å²) >= 11 is 3.25. The van der Waals surface area contributed by atoms with E-state index in [0.29, 0.717) is 12.0 Å². The molecular weight excluding hydrogens is 373 g/mol. The fourth-order valence-electron chi connectivity index (χ4n) is 2.26. The van der Waals surface area contributed by atoms with E-state index in [2.05, 4.69) is 21.0 Å². The quantitative estimate of drug-likeness (QED) is 0.754. The summed E-state index contributed by atoms with van der Waals surface area (Å²) < 4.78 is 40.5. The van der Waals surface area contributed by atoms with Crippen LogP contribution in [-0.2, 0) is 6.18 Å². The van der Waals surface area contributed by atoms with Crippen LogP contribution >= 0.6 is 15.9 Å². The molecule has 1 aromatic heterocycles. The molecule has 0 spiro atoms. The summed E-state index contributed by atoms with van der Waals surface area (Å²) in [5, 5.41) is 3.49. The second-order valence-corrected chi connectivity index (χ2v) is 5.88. The number of benzene rings is 1. The van der Waals surface area contributed by atoms with E-state index in [9.17, 15) is 18.0 Å². The van der Waals surface area contributed by atoms with Crippen molar-refractivity contribution in [1.82, 2.24) is 9.78 Å². The average Bonchev–Trinajstić information content (AvgIpc) is 3.15. The van der Waals surface area contributed by atoms with E-state index in [0.717, 1.165) is 15.2 Å². The van der Waals surface area contributed by atoms with E-state index in [1.807, 2.05) is 6.08 Å². The molecule has 0 radical (unpaired) electrons. The fraction of sp³-hybridized carbons (Fsp3) is 0.125. The van der Waals surface area contributed by atoms with Crippen molar-refractivity contribution in [3.63, 3.8) is 0 Å². The van der Waals surface area contributed by atoms with Crippen molar-refractivity contribution < 1.29 is 18.0 Å². The van der Waals surface area contributed by atoms with Gasteiger partial charge in [0.2, 0.25) is 0 Å². The van der Waals surface area contributed by atoms with Gasteiger partial charge in [-0.15, -0.1) is 0 Å². The average molecular weight is 383 g/mol. The van der Waals surface area contributed by atoms with Crippen LogP contribution in [-0.4, -0.2) is 15.7 Å². The Morgan fingerprint density at radius 1 is 1.22 bits per heavy atom. The van der Waals surface area contributed by atoms with Crippen molar-refractivity contribution in [1.29, 1.82) is 0 Å². The first-order valence-corrected chi connectivity index (χ1v) is 7.49. The Morgan fingerprint density at radius 3 is 2.48 bits per heavy atom. The maximum Gasteiger partial charge on any atom is 0.435 e. The van der Waals surface area contributed by atoms with Crippen molar-refractivity contribution in [3.05, 3.63) is 70.0 Å². The normalized spacial score (nSPS) is 14.2. The van der Waals surface area contributed by atoms with Gasteiger partial charge in [0.25, 0.3) is 5.91 Å². The van der Waals surface area contributed by atoms with Crippen LogP contribution in [0.4, 0.5) is 13.2 Å². The van der Waals surface area contributed by atoms with E-state index in [4.69, 9.17) is 0 Å². The molecule has 1 aromatic carbocycles. The summed E-state index contributed by atoms with van der Waals surface area (Å²) in [6, 6.07) is 7.28. The smallest absolute Gasteiger partial charge is 0.267 e. The van der Waals surface area contributed by atoms with Gasteiger partial charge in [0, 0.05) is 10.0 Å². The van der Waals surface area contributed by atoms with E-state index >= 15 is 0 Å². The molecule has 23 heavy (non-hydrogen) atoms. The number of hydrogen-bond donors (Lipinski definition) is 0. The highest BCUT2D eigenvalue weighted by atomic mass is 79.9. The molecule has 0 N–H and O–H groups in total. The summed E-state index contributed by atoms with van der Waals surface area (Å²) in [5.41, 5.74) is -0.0303. The molecule has 0 saturated carbocycles. The SMILES string of the molecule is O=C(c1ccc(Br)cc1)n1nc(C(F)(F)F)cc1C1=CC=CC1. The second kappa shape index (κ2) is 5.81. The second-order valence-electron chi connectivity index (χ2n) is 4.96. The molecule has 0 aliphatic heterocycles. The van der Waals surface area contributed by atoms with E-state index in [1.165, 1.54) is 12.1 Å². The van der Waals surface area contributed by atoms with Crippen LogP contribution in [0.2, 0.25) is 0 Å². The molecule has 0 atom stereocenters. The zero-order chi connectivity index (χ0) is 16.6. The van der Waals surface area contributed by atoms with E-state index in [1.54, 1.807) is 24.3 Å². The molecule has 3 nitrogen and oxygen atoms in total. The third-order valence-electron chi connectivity index (χ3n) is 3.38. The molecule has 118 valence electrons. The number of allylic oxidation sites excluding steroid dienone is 4. The van der Waals surface area contributed by atoms with Crippen LogP contribution in [0.3, 0.4) is 0 Å². The summed E-state index contributed by atoms with van der Waals surface area (Å²) in [5.74, 6) is -0.601. The van der Waals surface area contributed by atoms with Gasteiger partial charge < -0.3 is 0 Å². The van der Waals surface area contributed by atoms with Gasteiger partial charge >= 0.3 is 6.18 Å². The highest BCUT2D eigenvalue weighted by Crippen LogP contribution is 2.32. The number of nitrogens with zero attached hydrogens (tertiary/aromatic N) is 2. The molecule has 0 fully saturated rings. The first-order chi connectivity index (χ1) is 10.9. The lowest BCUT2D eigenvalue weighted by atomic mass is 10.1. The third kappa shape index (κ3) is 3.14. The fourth-order valence-corrected chi connectivity index (χ4v) is 2.52. The number of aromatic nitrogens is 2. The van der Waals surface area contributed by atoms with Crippen LogP contribution in [0, 0.1) is 0 Å². The topological polar surface area (TPSA) is 34.9 Å². The molecular formula is C16H10BrF3N2O. The molecule has 7 heteroatoms. The number of halogens is 4. The first-order valence-electron chi connectivity index (χ1n) is 6.70. The van der Waals surface area contributed by atoms with Gasteiger partial charge in [0.1, 0.15) is 0 Å². The number of rotatable bonds is 2. The molecule has 0 saturated heterocycles. The Hall–Kier alpha value is -2.15. The number of carbonyl (C=O) groups excluding carboxylic acids is 1. The molecule has 3 rings (SSSR count). The Bertz CT molecular complexity index is 817. The van der Waals surface area contributed by atoms with Crippen molar-refractivity contribution in [2.75, 3.05) is 0 Å². The van der Waals surface area contributed by atoms with Gasteiger partial charge in [-0.05, 0) is 42.3 Å². The van der Waals surface area contributed by atoms with Crippen molar-refractivity contribution >= 4 is 27.4 Å². The van der Waals surface area contributed by atoms with E-state index < -0.39 is 17.8 Å². The Balaban J connectivity index is 2.08. The molecule has 2 aromatic rings. The van der Waals surface area contributed by atoms with Crippen molar-refractivity contribution in [2.45, 2.75) is 12.6 Å². The summed E-state index contributed by atoms with van der Waals surface area (Å²) in [7, 11) is 0. The Morgan fingerprint density at radius 2 is 1.91 bits per heavy atom. The number of hydrogen-bond acceptors (Lipinski definition) is 2.